The third-order valence-corrected chi connectivity index (χ3v) is 8.01. The Morgan fingerprint density at radius 2 is 1.61 bits per heavy atom. The number of carbonyl (C=O) groups excluding carboxylic acids is 1. The molecule has 244 valence electrons. The summed E-state index contributed by atoms with van der Waals surface area (Å²) in [5.74, 6) is -16.9. The number of anilines is 3. The van der Waals surface area contributed by atoms with Crippen LogP contribution in [0.5, 0.6) is 0 Å². The minimum absolute atomic E-state index is 0.128. The summed E-state index contributed by atoms with van der Waals surface area (Å²) in [7, 11) is 1.30. The van der Waals surface area contributed by atoms with Gasteiger partial charge in [0.1, 0.15) is 17.0 Å². The van der Waals surface area contributed by atoms with Crippen LogP contribution in [0.1, 0.15) is 24.4 Å². The number of hydrogen-bond acceptors (Lipinski definition) is 5. The fourth-order valence-corrected chi connectivity index (χ4v) is 5.28. The molecular formula is C28H20F8IN5O4. The fraction of sp³-hybridized carbons (Fsp3) is 0.286. The Balaban J connectivity index is 1.74. The molecule has 0 aliphatic heterocycles. The second-order valence-corrected chi connectivity index (χ2v) is 11.7. The van der Waals surface area contributed by atoms with Crippen LogP contribution in [0.2, 0.25) is 0 Å². The quantitative estimate of drug-likeness (QED) is 0.184. The summed E-state index contributed by atoms with van der Waals surface area (Å²) >= 11 is 1.87. The monoisotopic (exact) mass is 769 g/mol. The van der Waals surface area contributed by atoms with Gasteiger partial charge >= 0.3 is 29.6 Å². The Hall–Kier alpha value is -4.23. The third kappa shape index (κ3) is 5.34. The van der Waals surface area contributed by atoms with E-state index in [9.17, 15) is 54.3 Å². The standard InChI is InChI=1S/C28H20F8IN5O4/c1-12-20-19(21(40(2)22(12)43)39-18-9-6-13(37)10-17(18)29)23(44)42(15-7-8-15)25(46)41(20)16-5-3-4-14(11-16)38-24(45)26(30,31)27(32,33)28(34,35)36/h3-6,9-11,15,39H,7-8H2,1-2H3,(H,38,45). The molecule has 9 nitrogen and oxygen atoms in total. The number of fused-ring (bicyclic) bond motifs is 1. The van der Waals surface area contributed by atoms with Gasteiger partial charge in [0.25, 0.3) is 11.1 Å². The van der Waals surface area contributed by atoms with Crippen molar-refractivity contribution in [1.82, 2.24) is 13.7 Å². The molecule has 5 rings (SSSR count). The third-order valence-electron chi connectivity index (χ3n) is 7.34. The van der Waals surface area contributed by atoms with Gasteiger partial charge in [-0.3, -0.25) is 28.1 Å². The number of amides is 1. The second-order valence-electron chi connectivity index (χ2n) is 10.5. The van der Waals surface area contributed by atoms with E-state index in [-0.39, 0.29) is 33.7 Å². The number of halogens is 9. The van der Waals surface area contributed by atoms with Crippen molar-refractivity contribution in [2.45, 2.75) is 43.8 Å². The number of hydrogen-bond donors (Lipinski definition) is 2. The number of nitrogens with zero attached hydrogens (tertiary/aromatic N) is 3. The zero-order valence-corrected chi connectivity index (χ0v) is 25.6. The zero-order chi connectivity index (χ0) is 34.1. The topological polar surface area (TPSA) is 107 Å². The first-order chi connectivity index (χ1) is 21.3. The molecule has 2 heterocycles. The van der Waals surface area contributed by atoms with Crippen molar-refractivity contribution in [1.29, 1.82) is 0 Å². The lowest BCUT2D eigenvalue weighted by Crippen LogP contribution is -2.57. The van der Waals surface area contributed by atoms with Crippen LogP contribution in [-0.2, 0) is 11.8 Å². The number of pyridine rings is 1. The molecule has 1 saturated carbocycles. The molecule has 1 aliphatic rings. The van der Waals surface area contributed by atoms with Crippen LogP contribution in [0.15, 0.2) is 56.8 Å². The molecule has 0 saturated heterocycles. The lowest BCUT2D eigenvalue weighted by molar-refractivity contribution is -0.343. The molecule has 2 aromatic heterocycles. The average Bonchev–Trinajstić information content (AvgIpc) is 3.80. The van der Waals surface area contributed by atoms with Crippen molar-refractivity contribution < 1.29 is 39.9 Å². The SMILES string of the molecule is Cc1c(=O)n(C)c(Nc2ccc(I)cc2F)c2c(=O)n(C3CC3)c(=O)n(-c3cccc(NC(=O)C(F)(F)C(F)(F)C(F)(F)F)c3)c12. The lowest BCUT2D eigenvalue weighted by atomic mass is 10.1. The number of nitrogens with one attached hydrogen (secondary N) is 2. The number of benzene rings is 2. The van der Waals surface area contributed by atoms with Gasteiger partial charge in [0.15, 0.2) is 0 Å². The van der Waals surface area contributed by atoms with Crippen molar-refractivity contribution in [3.8, 4) is 5.69 Å². The summed E-state index contributed by atoms with van der Waals surface area (Å²) in [6.45, 7) is 1.28. The van der Waals surface area contributed by atoms with E-state index in [2.05, 4.69) is 5.32 Å². The molecule has 2 N–H and O–H groups in total. The van der Waals surface area contributed by atoms with Gasteiger partial charge in [0.2, 0.25) is 0 Å². The summed E-state index contributed by atoms with van der Waals surface area (Å²) in [4.78, 5) is 53.1. The Kier molecular flexibility index (Phi) is 8.09. The predicted octanol–water partition coefficient (Wildman–Crippen LogP) is 5.75. The van der Waals surface area contributed by atoms with Crippen LogP contribution < -0.4 is 27.4 Å². The van der Waals surface area contributed by atoms with Crippen molar-refractivity contribution in [2.75, 3.05) is 10.6 Å². The summed E-state index contributed by atoms with van der Waals surface area (Å²) in [6.07, 6.45) is -5.92. The molecule has 18 heteroatoms. The highest BCUT2D eigenvalue weighted by atomic mass is 127. The summed E-state index contributed by atoms with van der Waals surface area (Å²) in [5, 5.41) is 3.80. The smallest absolute Gasteiger partial charge is 0.338 e. The van der Waals surface area contributed by atoms with Crippen LogP contribution in [0, 0.1) is 16.3 Å². The molecule has 0 bridgehead atoms. The molecule has 1 amide bonds. The van der Waals surface area contributed by atoms with Crippen molar-refractivity contribution >= 4 is 56.6 Å². The number of aromatic nitrogens is 3. The van der Waals surface area contributed by atoms with Crippen molar-refractivity contribution in [3.05, 3.63) is 88.6 Å². The van der Waals surface area contributed by atoms with E-state index in [0.29, 0.717) is 16.4 Å². The van der Waals surface area contributed by atoms with E-state index in [0.717, 1.165) is 31.9 Å². The minimum atomic E-state index is -6.75. The number of aryl methyl sites for hydroxylation is 1. The fourth-order valence-electron chi connectivity index (χ4n) is 4.83. The summed E-state index contributed by atoms with van der Waals surface area (Å²) in [6, 6.07) is 7.44. The Morgan fingerprint density at radius 3 is 2.20 bits per heavy atom. The summed E-state index contributed by atoms with van der Waals surface area (Å²) < 4.78 is 111. The van der Waals surface area contributed by atoms with E-state index in [4.69, 9.17) is 0 Å². The van der Waals surface area contributed by atoms with E-state index in [1.807, 2.05) is 22.6 Å². The van der Waals surface area contributed by atoms with Crippen LogP contribution in [-0.4, -0.2) is 37.6 Å². The Morgan fingerprint density at radius 1 is 0.957 bits per heavy atom. The first-order valence-electron chi connectivity index (χ1n) is 13.2. The first-order valence-corrected chi connectivity index (χ1v) is 14.2. The van der Waals surface area contributed by atoms with Crippen LogP contribution in [0.25, 0.3) is 16.6 Å². The number of alkyl halides is 7. The van der Waals surface area contributed by atoms with E-state index >= 15 is 0 Å². The van der Waals surface area contributed by atoms with E-state index in [1.165, 1.54) is 37.5 Å². The molecule has 0 radical (unpaired) electrons. The predicted molar refractivity (Wildman–Crippen MR) is 159 cm³/mol. The molecule has 0 spiro atoms. The zero-order valence-electron chi connectivity index (χ0n) is 23.4. The largest absolute Gasteiger partial charge is 0.460 e. The van der Waals surface area contributed by atoms with Gasteiger partial charge in [-0.25, -0.2) is 9.18 Å². The van der Waals surface area contributed by atoms with Gasteiger partial charge in [-0.1, -0.05) is 6.07 Å². The van der Waals surface area contributed by atoms with E-state index in [1.54, 1.807) is 6.07 Å². The summed E-state index contributed by atoms with van der Waals surface area (Å²) in [5.41, 5.74) is -4.16. The Bertz CT molecular complexity index is 2100. The molecule has 1 fully saturated rings. The second kappa shape index (κ2) is 11.2. The lowest BCUT2D eigenvalue weighted by Gasteiger charge is -2.27. The Labute approximate surface area is 265 Å². The molecule has 1 aliphatic carbocycles. The van der Waals surface area contributed by atoms with Gasteiger partial charge in [0.05, 0.1) is 16.9 Å². The maximum absolute atomic E-state index is 14.9. The highest BCUT2D eigenvalue weighted by Gasteiger charge is 2.76. The van der Waals surface area contributed by atoms with Gasteiger partial charge in [-0.05, 0) is 78.8 Å². The van der Waals surface area contributed by atoms with Crippen molar-refractivity contribution in [3.63, 3.8) is 0 Å². The van der Waals surface area contributed by atoms with Gasteiger partial charge in [-0.15, -0.1) is 0 Å². The van der Waals surface area contributed by atoms with Gasteiger partial charge < -0.3 is 10.6 Å². The van der Waals surface area contributed by atoms with Crippen LogP contribution in [0.3, 0.4) is 0 Å². The van der Waals surface area contributed by atoms with Gasteiger partial charge in [0, 0.05) is 27.9 Å². The maximum Gasteiger partial charge on any atom is 0.460 e. The molecule has 0 atom stereocenters. The van der Waals surface area contributed by atoms with Gasteiger partial charge in [-0.2, -0.15) is 30.7 Å². The van der Waals surface area contributed by atoms with Crippen LogP contribution in [0.4, 0.5) is 52.3 Å². The molecule has 46 heavy (non-hydrogen) atoms. The molecule has 0 unspecified atom stereocenters. The number of rotatable bonds is 7. The van der Waals surface area contributed by atoms with Crippen LogP contribution >= 0.6 is 22.6 Å². The normalized spacial score (nSPS) is 14.1. The van der Waals surface area contributed by atoms with Crippen molar-refractivity contribution in [2.24, 2.45) is 7.05 Å². The minimum Gasteiger partial charge on any atom is -0.338 e. The first kappa shape index (κ1) is 33.1. The average molecular weight is 769 g/mol. The number of carbonyl (C=O) groups is 1. The highest BCUT2D eigenvalue weighted by molar-refractivity contribution is 14.1. The molecule has 4 aromatic rings. The molecule has 2 aromatic carbocycles. The highest BCUT2D eigenvalue weighted by Crippen LogP contribution is 2.47. The molecular weight excluding hydrogens is 749 g/mol. The van der Waals surface area contributed by atoms with E-state index < -0.39 is 58.3 Å². The maximum atomic E-state index is 14.9.